The third-order valence-electron chi connectivity index (χ3n) is 6.08. The summed E-state index contributed by atoms with van der Waals surface area (Å²) >= 11 is 0. The Labute approximate surface area is 182 Å². The zero-order valence-corrected chi connectivity index (χ0v) is 18.8. The number of hydrogen-bond donors (Lipinski definition) is 0. The first-order valence-electron chi connectivity index (χ1n) is 10.9. The predicted octanol–water partition coefficient (Wildman–Crippen LogP) is 5.60. The average Bonchev–Trinajstić information content (AvgIpc) is 3.01. The van der Waals surface area contributed by atoms with Gasteiger partial charge in [0.15, 0.2) is 0 Å². The van der Waals surface area contributed by atoms with Crippen LogP contribution in [0.2, 0.25) is 0 Å². The van der Waals surface area contributed by atoms with Crippen LogP contribution >= 0.6 is 0 Å². The van der Waals surface area contributed by atoms with Gasteiger partial charge in [0.2, 0.25) is 0 Å². The van der Waals surface area contributed by atoms with E-state index in [-0.39, 0.29) is 5.60 Å². The highest BCUT2D eigenvalue weighted by Gasteiger charge is 2.48. The summed E-state index contributed by atoms with van der Waals surface area (Å²) in [5, 5.41) is 0.913. The number of epoxide rings is 1. The van der Waals surface area contributed by atoms with Gasteiger partial charge >= 0.3 is 5.97 Å². The summed E-state index contributed by atoms with van der Waals surface area (Å²) in [5.41, 5.74) is 2.47. The summed E-state index contributed by atoms with van der Waals surface area (Å²) in [6.07, 6.45) is 9.95. The van der Waals surface area contributed by atoms with E-state index in [1.54, 1.807) is 12.3 Å². The number of ether oxygens (including phenoxy) is 5. The molecule has 1 aromatic heterocycles. The number of hydrogen-bond acceptors (Lipinski definition) is 6. The molecule has 0 saturated carbocycles. The van der Waals surface area contributed by atoms with E-state index in [1.165, 1.54) is 5.57 Å². The maximum absolute atomic E-state index is 6.22. The lowest BCUT2D eigenvalue weighted by Crippen LogP contribution is -2.38. The molecule has 0 bridgehead atoms. The molecule has 3 aliphatic heterocycles. The van der Waals surface area contributed by atoms with Crippen molar-refractivity contribution >= 4 is 17.0 Å². The molecule has 1 spiro atoms. The van der Waals surface area contributed by atoms with Gasteiger partial charge in [0.1, 0.15) is 23.7 Å². The van der Waals surface area contributed by atoms with Crippen LogP contribution in [0.5, 0.6) is 11.5 Å². The SMILES string of the molecule is C/C(=C\COc1c2c(cc3occc13)OC1(C=C2)OCC(C)(C)O1)CCC1OC1(C)C. The van der Waals surface area contributed by atoms with E-state index in [0.29, 0.717) is 30.7 Å². The van der Waals surface area contributed by atoms with Crippen LogP contribution in [-0.2, 0) is 14.2 Å². The van der Waals surface area contributed by atoms with Crippen molar-refractivity contribution < 1.29 is 28.1 Å². The molecule has 6 heteroatoms. The monoisotopic (exact) mass is 426 g/mol. The Morgan fingerprint density at radius 1 is 1.26 bits per heavy atom. The van der Waals surface area contributed by atoms with E-state index in [9.17, 15) is 0 Å². The maximum Gasteiger partial charge on any atom is 0.350 e. The van der Waals surface area contributed by atoms with Crippen molar-refractivity contribution in [1.82, 2.24) is 0 Å². The number of benzene rings is 1. The van der Waals surface area contributed by atoms with Gasteiger partial charge in [-0.25, -0.2) is 0 Å². The van der Waals surface area contributed by atoms with E-state index in [4.69, 9.17) is 28.1 Å². The molecule has 0 N–H and O–H groups in total. The fraction of sp³-hybridized carbons (Fsp3) is 0.520. The van der Waals surface area contributed by atoms with Gasteiger partial charge in [-0.2, -0.15) is 0 Å². The molecule has 2 saturated heterocycles. The molecule has 3 aliphatic rings. The van der Waals surface area contributed by atoms with Crippen LogP contribution in [0.1, 0.15) is 53.0 Å². The van der Waals surface area contributed by atoms with Crippen LogP contribution < -0.4 is 9.47 Å². The molecular weight excluding hydrogens is 396 g/mol. The molecule has 5 rings (SSSR count). The van der Waals surface area contributed by atoms with Crippen molar-refractivity contribution in [2.45, 2.75) is 70.7 Å². The van der Waals surface area contributed by atoms with Crippen LogP contribution in [-0.4, -0.2) is 36.5 Å². The Bertz CT molecular complexity index is 1060. The molecular formula is C25H30O6. The fourth-order valence-electron chi connectivity index (χ4n) is 4.16. The van der Waals surface area contributed by atoms with Gasteiger partial charge in [-0.1, -0.05) is 5.57 Å². The molecule has 0 amide bonds. The number of furan rings is 1. The van der Waals surface area contributed by atoms with Crippen LogP contribution in [0.3, 0.4) is 0 Å². The van der Waals surface area contributed by atoms with Crippen molar-refractivity contribution in [3.05, 3.63) is 41.7 Å². The van der Waals surface area contributed by atoms with E-state index in [2.05, 4.69) is 26.8 Å². The summed E-state index contributed by atoms with van der Waals surface area (Å²) < 4.78 is 35.6. The van der Waals surface area contributed by atoms with Crippen molar-refractivity contribution in [2.75, 3.05) is 13.2 Å². The molecule has 2 fully saturated rings. The number of allylic oxidation sites excluding steroid dienone is 1. The number of rotatable bonds is 6. The maximum atomic E-state index is 6.22. The molecule has 2 aromatic rings. The van der Waals surface area contributed by atoms with Crippen molar-refractivity contribution in [2.24, 2.45) is 0 Å². The van der Waals surface area contributed by atoms with Crippen LogP contribution in [0.4, 0.5) is 0 Å². The molecule has 4 heterocycles. The quantitative estimate of drug-likeness (QED) is 0.443. The second-order valence-corrected chi connectivity index (χ2v) is 9.75. The summed E-state index contributed by atoms with van der Waals surface area (Å²) in [7, 11) is 0. The number of fused-ring (bicyclic) bond motifs is 2. The normalized spacial score (nSPS) is 28.0. The van der Waals surface area contributed by atoms with Gasteiger partial charge in [-0.3, -0.25) is 0 Å². The van der Waals surface area contributed by atoms with Gasteiger partial charge < -0.3 is 28.1 Å². The lowest BCUT2D eigenvalue weighted by molar-refractivity contribution is -0.266. The lowest BCUT2D eigenvalue weighted by Gasteiger charge is -2.30. The molecule has 2 atom stereocenters. The van der Waals surface area contributed by atoms with E-state index in [1.807, 2.05) is 32.1 Å². The predicted molar refractivity (Wildman–Crippen MR) is 117 cm³/mol. The summed E-state index contributed by atoms with van der Waals surface area (Å²) in [6.45, 7) is 11.3. The van der Waals surface area contributed by atoms with Crippen LogP contribution in [0, 0.1) is 0 Å². The highest BCUT2D eigenvalue weighted by Crippen LogP contribution is 2.46. The van der Waals surface area contributed by atoms with E-state index < -0.39 is 11.6 Å². The Morgan fingerprint density at radius 3 is 2.77 bits per heavy atom. The largest absolute Gasteiger partial charge is 0.488 e. The van der Waals surface area contributed by atoms with E-state index in [0.717, 1.165) is 29.5 Å². The highest BCUT2D eigenvalue weighted by atomic mass is 16.9. The first-order chi connectivity index (χ1) is 14.7. The minimum atomic E-state index is -1.21. The highest BCUT2D eigenvalue weighted by molar-refractivity contribution is 5.91. The second-order valence-electron chi connectivity index (χ2n) is 9.75. The fourth-order valence-corrected chi connectivity index (χ4v) is 4.16. The van der Waals surface area contributed by atoms with Gasteiger partial charge in [0.25, 0.3) is 0 Å². The first-order valence-corrected chi connectivity index (χ1v) is 10.9. The minimum absolute atomic E-state index is 0.0401. The van der Waals surface area contributed by atoms with E-state index >= 15 is 0 Å². The molecule has 31 heavy (non-hydrogen) atoms. The first kappa shape index (κ1) is 20.6. The van der Waals surface area contributed by atoms with Gasteiger partial charge in [-0.05, 0) is 65.7 Å². The standard InChI is InChI=1S/C25H30O6/c1-16(6-7-21-24(4,5)30-21)9-12-27-22-17-8-11-25(28-15-23(2,3)31-25)29-20(17)14-19-18(22)10-13-26-19/h8-11,13-14,21H,6-7,12,15H2,1-5H3/b16-9+. The van der Waals surface area contributed by atoms with Crippen molar-refractivity contribution in [1.29, 1.82) is 0 Å². The van der Waals surface area contributed by atoms with Crippen LogP contribution in [0.15, 0.2) is 40.5 Å². The Balaban J connectivity index is 1.33. The minimum Gasteiger partial charge on any atom is -0.488 e. The van der Waals surface area contributed by atoms with Gasteiger partial charge in [-0.15, -0.1) is 0 Å². The Hall–Kier alpha value is -2.28. The topological polar surface area (TPSA) is 62.6 Å². The zero-order chi connectivity index (χ0) is 21.9. The summed E-state index contributed by atoms with van der Waals surface area (Å²) in [6, 6.07) is 3.78. The third-order valence-corrected chi connectivity index (χ3v) is 6.08. The zero-order valence-electron chi connectivity index (χ0n) is 18.8. The molecule has 0 radical (unpaired) electrons. The van der Waals surface area contributed by atoms with Crippen LogP contribution in [0.25, 0.3) is 17.0 Å². The molecule has 166 valence electrons. The van der Waals surface area contributed by atoms with Crippen molar-refractivity contribution in [3.63, 3.8) is 0 Å². The third kappa shape index (κ3) is 4.00. The van der Waals surface area contributed by atoms with Gasteiger partial charge in [0.05, 0.1) is 41.1 Å². The van der Waals surface area contributed by atoms with Gasteiger partial charge in [0, 0.05) is 12.1 Å². The molecule has 2 unspecified atom stereocenters. The Morgan fingerprint density at radius 2 is 2.06 bits per heavy atom. The molecule has 6 nitrogen and oxygen atoms in total. The smallest absolute Gasteiger partial charge is 0.350 e. The second kappa shape index (κ2) is 7.12. The molecule has 0 aliphatic carbocycles. The Kier molecular flexibility index (Phi) is 4.73. The average molecular weight is 427 g/mol. The summed E-state index contributed by atoms with van der Waals surface area (Å²) in [4.78, 5) is 0. The summed E-state index contributed by atoms with van der Waals surface area (Å²) in [5.74, 6) is 0.148. The lowest BCUT2D eigenvalue weighted by atomic mass is 10.0. The molecule has 1 aromatic carbocycles. The van der Waals surface area contributed by atoms with Crippen molar-refractivity contribution in [3.8, 4) is 11.5 Å².